The van der Waals surface area contributed by atoms with E-state index in [4.69, 9.17) is 4.42 Å². The molecule has 1 aliphatic heterocycles. The van der Waals surface area contributed by atoms with Crippen molar-refractivity contribution in [2.45, 2.75) is 46.3 Å². The summed E-state index contributed by atoms with van der Waals surface area (Å²) >= 11 is 0. The Kier molecular flexibility index (Phi) is 5.64. The van der Waals surface area contributed by atoms with Gasteiger partial charge in [-0.25, -0.2) is 0 Å². The van der Waals surface area contributed by atoms with Gasteiger partial charge in [0.1, 0.15) is 11.5 Å². The van der Waals surface area contributed by atoms with Crippen LogP contribution in [0.3, 0.4) is 0 Å². The monoisotopic (exact) mass is 279 g/mol. The van der Waals surface area contributed by atoms with Crippen LogP contribution in [0, 0.1) is 6.92 Å². The molecule has 2 heterocycles. The number of furan rings is 1. The van der Waals surface area contributed by atoms with Crippen LogP contribution in [0.25, 0.3) is 0 Å². The SMILES string of the molecule is CCNCc1cc(CN2CCN(C)C(CC)C2)c(C)o1. The zero-order valence-electron chi connectivity index (χ0n) is 13.4. The molecule has 0 spiro atoms. The molecule has 1 atom stereocenters. The maximum absolute atomic E-state index is 5.83. The molecule has 1 aromatic rings. The van der Waals surface area contributed by atoms with Gasteiger partial charge in [-0.3, -0.25) is 4.90 Å². The van der Waals surface area contributed by atoms with Crippen LogP contribution in [-0.2, 0) is 13.1 Å². The van der Waals surface area contributed by atoms with E-state index in [-0.39, 0.29) is 0 Å². The Balaban J connectivity index is 1.94. The van der Waals surface area contributed by atoms with Crippen molar-refractivity contribution < 1.29 is 4.42 Å². The van der Waals surface area contributed by atoms with Crippen molar-refractivity contribution in [1.82, 2.24) is 15.1 Å². The van der Waals surface area contributed by atoms with Crippen molar-refractivity contribution in [2.24, 2.45) is 0 Å². The lowest BCUT2D eigenvalue weighted by Gasteiger charge is -2.39. The van der Waals surface area contributed by atoms with Gasteiger partial charge in [0.15, 0.2) is 0 Å². The predicted octanol–water partition coefficient (Wildman–Crippen LogP) is 2.22. The van der Waals surface area contributed by atoms with E-state index in [0.717, 1.165) is 37.7 Å². The Hall–Kier alpha value is -0.840. The van der Waals surface area contributed by atoms with Gasteiger partial charge in [0.25, 0.3) is 0 Å². The number of likely N-dealkylation sites (N-methyl/N-ethyl adjacent to an activating group) is 1. The summed E-state index contributed by atoms with van der Waals surface area (Å²) in [5.41, 5.74) is 1.34. The van der Waals surface area contributed by atoms with Crippen LogP contribution in [0.15, 0.2) is 10.5 Å². The average Bonchev–Trinajstić information content (AvgIpc) is 2.79. The molecular weight excluding hydrogens is 250 g/mol. The molecule has 1 saturated heterocycles. The summed E-state index contributed by atoms with van der Waals surface area (Å²) < 4.78 is 5.83. The Morgan fingerprint density at radius 1 is 1.35 bits per heavy atom. The molecule has 0 aromatic carbocycles. The molecule has 1 N–H and O–H groups in total. The molecule has 1 unspecified atom stereocenters. The van der Waals surface area contributed by atoms with Crippen LogP contribution < -0.4 is 5.32 Å². The average molecular weight is 279 g/mol. The van der Waals surface area contributed by atoms with E-state index in [1.54, 1.807) is 0 Å². The molecule has 2 rings (SSSR count). The topological polar surface area (TPSA) is 31.6 Å². The zero-order chi connectivity index (χ0) is 14.5. The Morgan fingerprint density at radius 3 is 2.85 bits per heavy atom. The Labute approximate surface area is 123 Å². The second-order valence-corrected chi connectivity index (χ2v) is 5.85. The van der Waals surface area contributed by atoms with Gasteiger partial charge in [0.2, 0.25) is 0 Å². The smallest absolute Gasteiger partial charge is 0.118 e. The van der Waals surface area contributed by atoms with Crippen LogP contribution in [0.2, 0.25) is 0 Å². The summed E-state index contributed by atoms with van der Waals surface area (Å²) in [6, 6.07) is 2.91. The first kappa shape index (κ1) is 15.5. The summed E-state index contributed by atoms with van der Waals surface area (Å²) in [5.74, 6) is 2.13. The number of hydrogen-bond donors (Lipinski definition) is 1. The lowest BCUT2D eigenvalue weighted by molar-refractivity contribution is 0.0880. The lowest BCUT2D eigenvalue weighted by atomic mass is 10.1. The second-order valence-electron chi connectivity index (χ2n) is 5.85. The number of nitrogens with one attached hydrogen (secondary N) is 1. The number of nitrogens with zero attached hydrogens (tertiary/aromatic N) is 2. The highest BCUT2D eigenvalue weighted by Crippen LogP contribution is 2.19. The van der Waals surface area contributed by atoms with Crippen molar-refractivity contribution >= 4 is 0 Å². The Bertz CT molecular complexity index is 416. The van der Waals surface area contributed by atoms with Crippen molar-refractivity contribution in [3.05, 3.63) is 23.2 Å². The van der Waals surface area contributed by atoms with Gasteiger partial charge in [0, 0.05) is 37.8 Å². The van der Waals surface area contributed by atoms with Crippen molar-refractivity contribution in [3.63, 3.8) is 0 Å². The standard InChI is InChI=1S/C16H29N3O/c1-5-15-12-19(8-7-18(15)4)11-14-9-16(10-17-6-2)20-13(14)3/h9,15,17H,5-8,10-12H2,1-4H3. The summed E-state index contributed by atoms with van der Waals surface area (Å²) in [4.78, 5) is 5.04. The van der Waals surface area contributed by atoms with Gasteiger partial charge in [-0.1, -0.05) is 13.8 Å². The zero-order valence-corrected chi connectivity index (χ0v) is 13.4. The maximum atomic E-state index is 5.83. The first-order valence-electron chi connectivity index (χ1n) is 7.85. The van der Waals surface area contributed by atoms with E-state index >= 15 is 0 Å². The molecule has 0 bridgehead atoms. The van der Waals surface area contributed by atoms with E-state index in [9.17, 15) is 0 Å². The molecule has 4 heteroatoms. The molecule has 1 aromatic heterocycles. The molecule has 1 aliphatic rings. The number of rotatable bonds is 6. The molecule has 114 valence electrons. The van der Waals surface area contributed by atoms with E-state index in [1.165, 1.54) is 25.1 Å². The lowest BCUT2D eigenvalue weighted by Crippen LogP contribution is -2.50. The minimum atomic E-state index is 0.692. The van der Waals surface area contributed by atoms with Crippen LogP contribution in [-0.4, -0.2) is 49.1 Å². The molecule has 0 amide bonds. The fourth-order valence-corrected chi connectivity index (χ4v) is 2.92. The van der Waals surface area contributed by atoms with Crippen LogP contribution in [0.5, 0.6) is 0 Å². The fraction of sp³-hybridized carbons (Fsp3) is 0.750. The summed E-state index contributed by atoms with van der Waals surface area (Å²) in [6.45, 7) is 12.8. The normalized spacial score (nSPS) is 21.5. The van der Waals surface area contributed by atoms with E-state index in [1.807, 2.05) is 0 Å². The van der Waals surface area contributed by atoms with Crippen LogP contribution in [0.4, 0.5) is 0 Å². The predicted molar refractivity (Wildman–Crippen MR) is 82.8 cm³/mol. The molecule has 4 nitrogen and oxygen atoms in total. The van der Waals surface area contributed by atoms with E-state index < -0.39 is 0 Å². The number of aryl methyl sites for hydroxylation is 1. The Morgan fingerprint density at radius 2 is 2.15 bits per heavy atom. The first-order valence-corrected chi connectivity index (χ1v) is 7.85. The second kappa shape index (κ2) is 7.25. The van der Waals surface area contributed by atoms with Crippen molar-refractivity contribution in [2.75, 3.05) is 33.2 Å². The van der Waals surface area contributed by atoms with Gasteiger partial charge in [-0.15, -0.1) is 0 Å². The quantitative estimate of drug-likeness (QED) is 0.865. The van der Waals surface area contributed by atoms with Gasteiger partial charge < -0.3 is 14.6 Å². The first-order chi connectivity index (χ1) is 9.63. The molecular formula is C16H29N3O. The molecule has 0 aliphatic carbocycles. The highest BCUT2D eigenvalue weighted by Gasteiger charge is 2.23. The molecule has 0 saturated carbocycles. The van der Waals surface area contributed by atoms with Gasteiger partial charge in [-0.2, -0.15) is 0 Å². The summed E-state index contributed by atoms with van der Waals surface area (Å²) in [5, 5.41) is 3.32. The van der Waals surface area contributed by atoms with Gasteiger partial charge in [-0.05, 0) is 33.0 Å². The molecule has 1 fully saturated rings. The highest BCUT2D eigenvalue weighted by atomic mass is 16.3. The maximum Gasteiger partial charge on any atom is 0.118 e. The summed E-state index contributed by atoms with van der Waals surface area (Å²) in [7, 11) is 2.24. The highest BCUT2D eigenvalue weighted by molar-refractivity contribution is 5.21. The minimum absolute atomic E-state index is 0.692. The van der Waals surface area contributed by atoms with E-state index in [0.29, 0.717) is 6.04 Å². The minimum Gasteiger partial charge on any atom is -0.465 e. The molecule has 20 heavy (non-hydrogen) atoms. The van der Waals surface area contributed by atoms with Crippen LogP contribution in [0.1, 0.15) is 37.4 Å². The van der Waals surface area contributed by atoms with Crippen molar-refractivity contribution in [3.8, 4) is 0 Å². The number of hydrogen-bond acceptors (Lipinski definition) is 4. The largest absolute Gasteiger partial charge is 0.465 e. The van der Waals surface area contributed by atoms with E-state index in [2.05, 4.69) is 49.0 Å². The summed E-state index contributed by atoms with van der Waals surface area (Å²) in [6.07, 6.45) is 1.23. The molecule has 0 radical (unpaired) electrons. The number of piperazine rings is 1. The van der Waals surface area contributed by atoms with Gasteiger partial charge in [0.05, 0.1) is 6.54 Å². The third-order valence-corrected chi connectivity index (χ3v) is 4.35. The fourth-order valence-electron chi connectivity index (χ4n) is 2.92. The third kappa shape index (κ3) is 3.84. The van der Waals surface area contributed by atoms with Crippen molar-refractivity contribution in [1.29, 1.82) is 0 Å². The van der Waals surface area contributed by atoms with Crippen LogP contribution >= 0.6 is 0 Å². The third-order valence-electron chi connectivity index (χ3n) is 4.35. The van der Waals surface area contributed by atoms with Gasteiger partial charge >= 0.3 is 0 Å².